The summed E-state index contributed by atoms with van der Waals surface area (Å²) in [6, 6.07) is 19.0. The summed E-state index contributed by atoms with van der Waals surface area (Å²) in [6.45, 7) is 4.07. The summed E-state index contributed by atoms with van der Waals surface area (Å²) in [5, 5.41) is 6.77. The Kier molecular flexibility index (Phi) is 5.53. The SMILES string of the molecule is Cc1cc(/C=N\NC(=O)Nc2ccccc2)c(C)n1-c1cccc(Br)c1. The molecule has 0 aliphatic heterocycles. The van der Waals surface area contributed by atoms with Gasteiger partial charge in [0.2, 0.25) is 0 Å². The number of para-hydroxylation sites is 1. The molecule has 3 aromatic rings. The van der Waals surface area contributed by atoms with Crippen LogP contribution >= 0.6 is 15.9 Å². The van der Waals surface area contributed by atoms with Gasteiger partial charge in [-0.25, -0.2) is 10.2 Å². The number of hydrazone groups is 1. The van der Waals surface area contributed by atoms with Gasteiger partial charge in [0.05, 0.1) is 6.21 Å². The smallest absolute Gasteiger partial charge is 0.318 e. The third kappa shape index (κ3) is 4.21. The Morgan fingerprint density at radius 3 is 2.58 bits per heavy atom. The van der Waals surface area contributed by atoms with Gasteiger partial charge < -0.3 is 9.88 Å². The molecule has 1 heterocycles. The Morgan fingerprint density at radius 2 is 1.85 bits per heavy atom. The lowest BCUT2D eigenvalue weighted by atomic mass is 10.2. The van der Waals surface area contributed by atoms with Crippen molar-refractivity contribution in [2.45, 2.75) is 13.8 Å². The third-order valence-electron chi connectivity index (χ3n) is 3.94. The Labute approximate surface area is 160 Å². The molecule has 5 nitrogen and oxygen atoms in total. The predicted octanol–water partition coefficient (Wildman–Crippen LogP) is 5.01. The molecule has 3 rings (SSSR count). The number of rotatable bonds is 4. The van der Waals surface area contributed by atoms with Crippen LogP contribution in [0, 0.1) is 13.8 Å². The van der Waals surface area contributed by atoms with Crippen molar-refractivity contribution in [1.82, 2.24) is 9.99 Å². The molecule has 0 aliphatic rings. The van der Waals surface area contributed by atoms with Crippen LogP contribution in [0.5, 0.6) is 0 Å². The van der Waals surface area contributed by atoms with E-state index in [1.165, 1.54) is 0 Å². The number of hydrogen-bond donors (Lipinski definition) is 2. The summed E-state index contributed by atoms with van der Waals surface area (Å²) in [6.07, 6.45) is 1.65. The molecule has 0 bridgehead atoms. The van der Waals surface area contributed by atoms with E-state index in [0.29, 0.717) is 5.69 Å². The molecule has 2 aromatic carbocycles. The van der Waals surface area contributed by atoms with Crippen molar-refractivity contribution in [1.29, 1.82) is 0 Å². The molecule has 0 radical (unpaired) electrons. The van der Waals surface area contributed by atoms with Gasteiger partial charge in [0.15, 0.2) is 0 Å². The van der Waals surface area contributed by atoms with Gasteiger partial charge in [-0.15, -0.1) is 0 Å². The van der Waals surface area contributed by atoms with Crippen molar-refractivity contribution in [3.05, 3.63) is 82.1 Å². The van der Waals surface area contributed by atoms with E-state index < -0.39 is 0 Å². The quantitative estimate of drug-likeness (QED) is 0.460. The molecular weight excluding hydrogens is 392 g/mol. The fourth-order valence-corrected chi connectivity index (χ4v) is 3.16. The minimum absolute atomic E-state index is 0.381. The molecule has 0 atom stereocenters. The predicted molar refractivity (Wildman–Crippen MR) is 109 cm³/mol. The van der Waals surface area contributed by atoms with E-state index >= 15 is 0 Å². The summed E-state index contributed by atoms with van der Waals surface area (Å²) < 4.78 is 3.17. The fraction of sp³-hybridized carbons (Fsp3) is 0.100. The van der Waals surface area contributed by atoms with Gasteiger partial charge in [-0.2, -0.15) is 5.10 Å². The molecule has 0 spiro atoms. The summed E-state index contributed by atoms with van der Waals surface area (Å²) in [5.74, 6) is 0. The van der Waals surface area contributed by atoms with Gasteiger partial charge in [0.1, 0.15) is 0 Å². The van der Waals surface area contributed by atoms with Gasteiger partial charge in [-0.1, -0.05) is 40.2 Å². The molecule has 1 aromatic heterocycles. The minimum atomic E-state index is -0.381. The highest BCUT2D eigenvalue weighted by Crippen LogP contribution is 2.22. The first kappa shape index (κ1) is 17.9. The van der Waals surface area contributed by atoms with Crippen molar-refractivity contribution in [2.75, 3.05) is 5.32 Å². The number of anilines is 1. The van der Waals surface area contributed by atoms with Crippen molar-refractivity contribution in [3.8, 4) is 5.69 Å². The van der Waals surface area contributed by atoms with Crippen LogP contribution in [0.2, 0.25) is 0 Å². The van der Waals surface area contributed by atoms with E-state index in [1.54, 1.807) is 6.21 Å². The first-order valence-corrected chi connectivity index (χ1v) is 8.94. The highest BCUT2D eigenvalue weighted by atomic mass is 79.9. The maximum Gasteiger partial charge on any atom is 0.339 e. The number of nitrogens with zero attached hydrogens (tertiary/aromatic N) is 2. The normalized spacial score (nSPS) is 10.9. The second-order valence-electron chi connectivity index (χ2n) is 5.83. The van der Waals surface area contributed by atoms with Gasteiger partial charge in [-0.3, -0.25) is 0 Å². The first-order valence-electron chi connectivity index (χ1n) is 8.14. The number of benzene rings is 2. The average molecular weight is 411 g/mol. The Hall–Kier alpha value is -2.86. The van der Waals surface area contributed by atoms with E-state index in [0.717, 1.165) is 27.1 Å². The number of carbonyl (C=O) groups excluding carboxylic acids is 1. The topological polar surface area (TPSA) is 58.4 Å². The summed E-state index contributed by atoms with van der Waals surface area (Å²) in [7, 11) is 0. The number of carbonyl (C=O) groups is 1. The molecule has 0 saturated heterocycles. The van der Waals surface area contributed by atoms with Crippen molar-refractivity contribution in [3.63, 3.8) is 0 Å². The van der Waals surface area contributed by atoms with E-state index in [9.17, 15) is 4.79 Å². The lowest BCUT2D eigenvalue weighted by Gasteiger charge is -2.09. The molecule has 2 N–H and O–H groups in total. The zero-order valence-electron chi connectivity index (χ0n) is 14.5. The highest BCUT2D eigenvalue weighted by Gasteiger charge is 2.09. The Bertz CT molecular complexity index is 948. The number of aromatic nitrogens is 1. The van der Waals surface area contributed by atoms with Crippen molar-refractivity contribution in [2.24, 2.45) is 5.10 Å². The maximum atomic E-state index is 11.9. The number of amides is 2. The highest BCUT2D eigenvalue weighted by molar-refractivity contribution is 9.10. The first-order chi connectivity index (χ1) is 12.5. The maximum absolute atomic E-state index is 11.9. The summed E-state index contributed by atoms with van der Waals surface area (Å²) in [5.41, 5.74) is 7.37. The molecule has 0 unspecified atom stereocenters. The molecule has 0 aliphatic carbocycles. The van der Waals surface area contributed by atoms with Gasteiger partial charge in [0, 0.05) is 32.8 Å². The van der Waals surface area contributed by atoms with Crippen LogP contribution in [0.4, 0.5) is 10.5 Å². The zero-order chi connectivity index (χ0) is 18.5. The van der Waals surface area contributed by atoms with E-state index in [-0.39, 0.29) is 6.03 Å². The molecule has 0 fully saturated rings. The minimum Gasteiger partial charge on any atom is -0.318 e. The van der Waals surface area contributed by atoms with Crippen LogP contribution < -0.4 is 10.7 Å². The molecule has 2 amide bonds. The van der Waals surface area contributed by atoms with Crippen LogP contribution in [0.1, 0.15) is 17.0 Å². The van der Waals surface area contributed by atoms with Crippen LogP contribution in [-0.2, 0) is 0 Å². The lowest BCUT2D eigenvalue weighted by Crippen LogP contribution is -2.24. The van der Waals surface area contributed by atoms with Crippen LogP contribution in [0.3, 0.4) is 0 Å². The number of aryl methyl sites for hydroxylation is 1. The van der Waals surface area contributed by atoms with E-state index in [4.69, 9.17) is 0 Å². The van der Waals surface area contributed by atoms with Crippen LogP contribution in [0.15, 0.2) is 70.2 Å². The van der Waals surface area contributed by atoms with Crippen LogP contribution in [0.25, 0.3) is 5.69 Å². The number of urea groups is 1. The lowest BCUT2D eigenvalue weighted by molar-refractivity contribution is 0.252. The second kappa shape index (κ2) is 8.01. The average Bonchev–Trinajstić information content (AvgIpc) is 2.89. The van der Waals surface area contributed by atoms with Crippen molar-refractivity contribution < 1.29 is 4.79 Å². The van der Waals surface area contributed by atoms with E-state index in [2.05, 4.69) is 48.5 Å². The van der Waals surface area contributed by atoms with Gasteiger partial charge >= 0.3 is 6.03 Å². The van der Waals surface area contributed by atoms with E-state index in [1.807, 2.05) is 62.4 Å². The summed E-state index contributed by atoms with van der Waals surface area (Å²) >= 11 is 3.51. The zero-order valence-corrected chi connectivity index (χ0v) is 16.1. The molecule has 132 valence electrons. The number of hydrogen-bond acceptors (Lipinski definition) is 2. The molecule has 6 heteroatoms. The van der Waals surface area contributed by atoms with Crippen LogP contribution in [-0.4, -0.2) is 16.8 Å². The standard InChI is InChI=1S/C20H19BrN4O/c1-14-11-16(15(2)25(14)19-10-6-7-17(21)12-19)13-22-24-20(26)23-18-8-4-3-5-9-18/h3-13H,1-2H3,(H2,23,24,26)/b22-13-. The fourth-order valence-electron chi connectivity index (χ4n) is 2.77. The monoisotopic (exact) mass is 410 g/mol. The second-order valence-corrected chi connectivity index (χ2v) is 6.75. The molecular formula is C20H19BrN4O. The molecule has 26 heavy (non-hydrogen) atoms. The van der Waals surface area contributed by atoms with Gasteiger partial charge in [-0.05, 0) is 50.2 Å². The Morgan fingerprint density at radius 1 is 1.08 bits per heavy atom. The third-order valence-corrected chi connectivity index (χ3v) is 4.43. The van der Waals surface area contributed by atoms with Gasteiger partial charge in [0.25, 0.3) is 0 Å². The largest absolute Gasteiger partial charge is 0.339 e. The number of halogens is 1. The number of nitrogens with one attached hydrogen (secondary N) is 2. The molecule has 0 saturated carbocycles. The van der Waals surface area contributed by atoms with Crippen molar-refractivity contribution >= 4 is 33.9 Å². The summed E-state index contributed by atoms with van der Waals surface area (Å²) in [4.78, 5) is 11.9. The Balaban J connectivity index is 1.71.